The molecule has 2 aromatic carbocycles. The largest absolute Gasteiger partial charge is 0.477 e. The van der Waals surface area contributed by atoms with Gasteiger partial charge >= 0.3 is 0 Å². The number of amidine groups is 1. The van der Waals surface area contributed by atoms with Crippen molar-refractivity contribution in [1.29, 1.82) is 0 Å². The van der Waals surface area contributed by atoms with Gasteiger partial charge in [0.25, 0.3) is 17.9 Å². The smallest absolute Gasteiger partial charge is 0.292 e. The Bertz CT molecular complexity index is 2530. The van der Waals surface area contributed by atoms with Crippen molar-refractivity contribution in [3.8, 4) is 11.6 Å². The molecule has 1 amide bonds. The van der Waals surface area contributed by atoms with Crippen molar-refractivity contribution in [2.24, 2.45) is 16.0 Å². The minimum atomic E-state index is -3.63. The third-order valence-corrected chi connectivity index (χ3v) is 10.3. The normalized spacial score (nSPS) is 15.7. The number of nitrogens with two attached hydrogens (primary N) is 1. The van der Waals surface area contributed by atoms with Crippen LogP contribution in [-0.4, -0.2) is 61.9 Å². The molecule has 320 valence electrons. The van der Waals surface area contributed by atoms with Crippen LogP contribution < -0.4 is 26.7 Å². The summed E-state index contributed by atoms with van der Waals surface area (Å²) in [6.07, 6.45) is -3.22. The average Bonchev–Trinajstić information content (AvgIpc) is 3.62. The number of nitrogens with zero attached hydrogens (tertiary/aromatic N) is 6. The number of aromatic nitrogens is 5. The van der Waals surface area contributed by atoms with Crippen molar-refractivity contribution in [2.45, 2.75) is 64.0 Å². The minimum absolute atomic E-state index is 0.0147. The van der Waals surface area contributed by atoms with Crippen molar-refractivity contribution in [3.05, 3.63) is 103 Å². The molecule has 0 spiro atoms. The van der Waals surface area contributed by atoms with E-state index >= 15 is 8.78 Å². The molecule has 2 unspecified atom stereocenters. The van der Waals surface area contributed by atoms with Crippen LogP contribution in [-0.2, 0) is 30.1 Å². The molecule has 1 aliphatic carbocycles. The maximum Gasteiger partial charge on any atom is 0.292 e. The Labute approximate surface area is 345 Å². The number of hydrogen-bond acceptors (Lipinski definition) is 9. The van der Waals surface area contributed by atoms with E-state index in [0.29, 0.717) is 17.7 Å². The lowest BCUT2D eigenvalue weighted by atomic mass is 10.0. The van der Waals surface area contributed by atoms with E-state index in [1.54, 1.807) is 6.26 Å². The molecule has 3 aromatic heterocycles. The lowest BCUT2D eigenvalue weighted by Gasteiger charge is -2.25. The van der Waals surface area contributed by atoms with Gasteiger partial charge in [0, 0.05) is 49.8 Å². The summed E-state index contributed by atoms with van der Waals surface area (Å²) < 4.78 is 126. The molecule has 12 nitrogen and oxygen atoms in total. The van der Waals surface area contributed by atoms with E-state index < -0.39 is 97.1 Å². The molecule has 0 saturated carbocycles. The van der Waals surface area contributed by atoms with Crippen molar-refractivity contribution >= 4 is 52.0 Å². The molecule has 0 fully saturated rings. The molecule has 6 rings (SSSR count). The summed E-state index contributed by atoms with van der Waals surface area (Å²) >= 11 is 7.58. The van der Waals surface area contributed by atoms with Gasteiger partial charge in [-0.1, -0.05) is 18.5 Å². The van der Waals surface area contributed by atoms with Crippen LogP contribution in [0.3, 0.4) is 0 Å². The van der Waals surface area contributed by atoms with Crippen LogP contribution in [0.15, 0.2) is 51.7 Å². The Kier molecular flexibility index (Phi) is 12.7. The lowest BCUT2D eigenvalue weighted by Crippen LogP contribution is -2.38. The molecule has 4 N–H and O–H groups in total. The molecule has 60 heavy (non-hydrogen) atoms. The van der Waals surface area contributed by atoms with Crippen LogP contribution in [0.4, 0.5) is 40.8 Å². The highest BCUT2D eigenvalue weighted by Gasteiger charge is 2.51. The standard InChI is InChI=1S/C38H36ClF8N9O3S/c1-17-11-22-29(32(42)43)53-55(31(22)38(17,46)47)16-26(57)50-24(14-18-12-19(40)15-20(41)13-18)35-52-34-21(5-8-27(51-34)59-10-9-37(2,44)45)36(58)56(35)25-7-6-23(39)28(30(25)49-3)33(48)54-60-4/h5-8,12-13,15,17,24,32,49H,9-11,14,16H2,1-4H3,(H2,48,54)(H,50,57). The number of anilines is 1. The van der Waals surface area contributed by atoms with Gasteiger partial charge in [-0.3, -0.25) is 18.8 Å². The summed E-state index contributed by atoms with van der Waals surface area (Å²) in [6, 6.07) is 6.21. The molecule has 1 aliphatic rings. The number of amides is 1. The van der Waals surface area contributed by atoms with E-state index in [-0.39, 0.29) is 61.7 Å². The van der Waals surface area contributed by atoms with Crippen molar-refractivity contribution < 1.29 is 44.7 Å². The number of carbonyl (C=O) groups is 1. The summed E-state index contributed by atoms with van der Waals surface area (Å²) in [7, 11) is 1.48. The van der Waals surface area contributed by atoms with Crippen LogP contribution in [0.25, 0.3) is 16.7 Å². The Hall–Kier alpha value is -5.44. The number of rotatable bonds is 15. The fourth-order valence-electron chi connectivity index (χ4n) is 6.94. The third kappa shape index (κ3) is 9.01. The number of pyridine rings is 1. The van der Waals surface area contributed by atoms with Crippen LogP contribution in [0.2, 0.25) is 5.02 Å². The van der Waals surface area contributed by atoms with Gasteiger partial charge in [-0.25, -0.2) is 31.3 Å². The second-order valence-corrected chi connectivity index (χ2v) is 15.0. The molecular weight excluding hydrogens is 850 g/mol. The van der Waals surface area contributed by atoms with Crippen LogP contribution in [0.1, 0.15) is 66.6 Å². The summed E-state index contributed by atoms with van der Waals surface area (Å²) in [5.74, 6) is -11.9. The number of nitrogens with one attached hydrogen (secondary N) is 2. The second-order valence-electron chi connectivity index (χ2n) is 14.0. The molecule has 0 aliphatic heterocycles. The van der Waals surface area contributed by atoms with Gasteiger partial charge in [0.1, 0.15) is 41.2 Å². The third-order valence-electron chi connectivity index (χ3n) is 9.63. The molecule has 3 heterocycles. The van der Waals surface area contributed by atoms with Crippen molar-refractivity contribution in [3.63, 3.8) is 0 Å². The van der Waals surface area contributed by atoms with E-state index in [0.717, 1.165) is 28.6 Å². The zero-order chi connectivity index (χ0) is 43.8. The Morgan fingerprint density at radius 1 is 1.15 bits per heavy atom. The fourth-order valence-corrected chi connectivity index (χ4v) is 7.49. The maximum absolute atomic E-state index is 15.4. The van der Waals surface area contributed by atoms with Gasteiger partial charge in [-0.2, -0.15) is 23.3 Å². The first-order valence-corrected chi connectivity index (χ1v) is 19.6. The summed E-state index contributed by atoms with van der Waals surface area (Å²) in [6.45, 7) is 0.362. The monoisotopic (exact) mass is 885 g/mol. The SMILES string of the molecule is CNc1c(-n2c(C(Cc3cc(F)cc(F)c3)NC(=O)Cn3nc(C(F)F)c4c3C(F)(F)C(C)C4)nc3nc(OCCC(C)(F)F)ccc3c2=O)ccc(Cl)c1C(N)=NSC. The highest BCUT2D eigenvalue weighted by molar-refractivity contribution is 7.97. The average molecular weight is 886 g/mol. The van der Waals surface area contributed by atoms with E-state index in [1.807, 2.05) is 0 Å². The number of hydrogen-bond donors (Lipinski definition) is 3. The second kappa shape index (κ2) is 17.3. The fraction of sp³-hybridized carbons (Fsp3) is 0.368. The molecule has 0 saturated heterocycles. The first-order valence-electron chi connectivity index (χ1n) is 18.1. The first kappa shape index (κ1) is 44.1. The van der Waals surface area contributed by atoms with E-state index in [2.05, 4.69) is 30.1 Å². The zero-order valence-corrected chi connectivity index (χ0v) is 33.7. The molecule has 5 aromatic rings. The van der Waals surface area contributed by atoms with Gasteiger partial charge in [0.05, 0.1) is 40.0 Å². The van der Waals surface area contributed by atoms with Gasteiger partial charge in [-0.05, 0) is 61.2 Å². The predicted molar refractivity (Wildman–Crippen MR) is 210 cm³/mol. The van der Waals surface area contributed by atoms with Crippen LogP contribution >= 0.6 is 23.5 Å². The molecular formula is C38H36ClF8N9O3S. The summed E-state index contributed by atoms with van der Waals surface area (Å²) in [5, 5.41) is 9.13. The molecule has 2 atom stereocenters. The van der Waals surface area contributed by atoms with E-state index in [1.165, 1.54) is 38.2 Å². The first-order chi connectivity index (χ1) is 28.2. The molecule has 0 bridgehead atoms. The van der Waals surface area contributed by atoms with Gasteiger partial charge in [-0.15, -0.1) is 0 Å². The number of halogens is 9. The molecule has 0 radical (unpaired) electrons. The van der Waals surface area contributed by atoms with E-state index in [4.69, 9.17) is 22.1 Å². The summed E-state index contributed by atoms with van der Waals surface area (Å²) in [4.78, 5) is 37.6. The van der Waals surface area contributed by atoms with Gasteiger partial charge in [0.15, 0.2) is 5.65 Å². The zero-order valence-electron chi connectivity index (χ0n) is 32.1. The van der Waals surface area contributed by atoms with Gasteiger partial charge in [0.2, 0.25) is 17.7 Å². The van der Waals surface area contributed by atoms with E-state index in [9.17, 15) is 35.9 Å². The van der Waals surface area contributed by atoms with Crippen molar-refractivity contribution in [2.75, 3.05) is 25.2 Å². The van der Waals surface area contributed by atoms with Crippen LogP contribution in [0.5, 0.6) is 5.88 Å². The lowest BCUT2D eigenvalue weighted by molar-refractivity contribution is -0.123. The highest BCUT2D eigenvalue weighted by atomic mass is 35.5. The predicted octanol–water partition coefficient (Wildman–Crippen LogP) is 7.68. The highest BCUT2D eigenvalue weighted by Crippen LogP contribution is 2.48. The maximum atomic E-state index is 15.4. The number of alkyl halides is 6. The van der Waals surface area contributed by atoms with Crippen LogP contribution in [0, 0.1) is 17.6 Å². The topological polar surface area (TPSA) is 154 Å². The van der Waals surface area contributed by atoms with Gasteiger partial charge < -0.3 is 21.1 Å². The van der Waals surface area contributed by atoms with Crippen molar-refractivity contribution in [1.82, 2.24) is 29.6 Å². The Balaban J connectivity index is 1.57. The number of benzene rings is 2. The molecule has 22 heteroatoms. The quantitative estimate of drug-likeness (QED) is 0.0416. The Morgan fingerprint density at radius 3 is 2.48 bits per heavy atom. The Morgan fingerprint density at radius 2 is 1.85 bits per heavy atom. The number of fused-ring (bicyclic) bond motifs is 2. The summed E-state index contributed by atoms with van der Waals surface area (Å²) in [5.41, 5.74) is 3.17. The minimum Gasteiger partial charge on any atom is -0.477 e. The number of carbonyl (C=O) groups excluding carboxylic acids is 1. The number of ether oxygens (including phenoxy) is 1.